The van der Waals surface area contributed by atoms with Crippen molar-refractivity contribution in [2.45, 2.75) is 46.1 Å². The van der Waals surface area contributed by atoms with E-state index in [4.69, 9.17) is 15.2 Å². The maximum absolute atomic E-state index is 11.3. The van der Waals surface area contributed by atoms with Crippen molar-refractivity contribution in [2.75, 3.05) is 6.61 Å². The average molecular weight is 382 g/mol. The van der Waals surface area contributed by atoms with Crippen LogP contribution in [0.5, 0.6) is 5.75 Å². The van der Waals surface area contributed by atoms with Gasteiger partial charge in [-0.1, -0.05) is 20.8 Å². The molecule has 1 heterocycles. The van der Waals surface area contributed by atoms with Gasteiger partial charge in [-0.3, -0.25) is 0 Å². The number of carbonyl (C=O) groups is 1. The molecule has 1 aromatic carbocycles. The molecule has 0 fully saturated rings. The number of aryl methyl sites for hydroxylation is 1. The maximum Gasteiger partial charge on any atom is 0.405 e. The predicted octanol–water partition coefficient (Wildman–Crippen LogP) is 3.86. The quantitative estimate of drug-likeness (QED) is 0.742. The predicted molar refractivity (Wildman–Crippen MR) is 106 cm³/mol. The molecule has 1 aromatic heterocycles. The lowest BCUT2D eigenvalue weighted by Crippen LogP contribution is -2.41. The van der Waals surface area contributed by atoms with E-state index in [-0.39, 0.29) is 12.5 Å². The fourth-order valence-electron chi connectivity index (χ4n) is 3.12. The second kappa shape index (κ2) is 9.18. The Hall–Kier alpha value is -3.14. The molecule has 0 bridgehead atoms. The van der Waals surface area contributed by atoms with Gasteiger partial charge in [0.2, 0.25) is 0 Å². The number of amides is 1. The monoisotopic (exact) mass is 382 g/mol. The summed E-state index contributed by atoms with van der Waals surface area (Å²) in [5.74, 6) is 0.690. The summed E-state index contributed by atoms with van der Waals surface area (Å²) in [7, 11) is 0. The second-order valence-corrected chi connectivity index (χ2v) is 7.33. The lowest BCUT2D eigenvalue weighted by atomic mass is 9.95. The molecule has 0 aliphatic carbocycles. The zero-order valence-electron chi connectivity index (χ0n) is 16.7. The molecule has 2 rings (SSSR count). The number of nitrogens with zero attached hydrogens (tertiary/aromatic N) is 3. The number of rotatable bonds is 8. The van der Waals surface area contributed by atoms with E-state index in [0.717, 1.165) is 23.4 Å². The normalized spacial score (nSPS) is 12.9. The molecule has 7 heteroatoms. The van der Waals surface area contributed by atoms with Gasteiger partial charge in [-0.05, 0) is 49.9 Å². The third-order valence-electron chi connectivity index (χ3n) is 4.20. The van der Waals surface area contributed by atoms with Crippen LogP contribution in [0.15, 0.2) is 30.6 Å². The maximum atomic E-state index is 11.3. The van der Waals surface area contributed by atoms with E-state index < -0.39 is 11.7 Å². The molecule has 0 saturated carbocycles. The lowest BCUT2D eigenvalue weighted by Gasteiger charge is -2.30. The fourth-order valence-corrected chi connectivity index (χ4v) is 3.12. The van der Waals surface area contributed by atoms with Gasteiger partial charge in [-0.15, -0.1) is 0 Å². The Morgan fingerprint density at radius 3 is 2.68 bits per heavy atom. The van der Waals surface area contributed by atoms with Crippen LogP contribution in [-0.4, -0.2) is 28.3 Å². The highest BCUT2D eigenvalue weighted by Gasteiger charge is 2.30. The molecule has 0 aliphatic rings. The molecular formula is C21H26N4O3. The van der Waals surface area contributed by atoms with Crippen LogP contribution in [-0.2, 0) is 11.2 Å². The molecule has 1 amide bonds. The molecular weight excluding hydrogens is 356 g/mol. The smallest absolute Gasteiger partial charge is 0.405 e. The molecule has 0 saturated heterocycles. The number of primary amides is 1. The molecule has 148 valence electrons. The first-order valence-electron chi connectivity index (χ1n) is 9.23. The third-order valence-corrected chi connectivity index (χ3v) is 4.20. The number of aromatic nitrogens is 2. The number of ether oxygens (including phenoxy) is 2. The van der Waals surface area contributed by atoms with Crippen molar-refractivity contribution >= 4 is 6.09 Å². The van der Waals surface area contributed by atoms with Gasteiger partial charge >= 0.3 is 6.09 Å². The van der Waals surface area contributed by atoms with E-state index in [0.29, 0.717) is 17.7 Å². The summed E-state index contributed by atoms with van der Waals surface area (Å²) in [6.07, 6.45) is 2.05. The largest absolute Gasteiger partial charge is 0.488 e. The van der Waals surface area contributed by atoms with Crippen LogP contribution < -0.4 is 10.5 Å². The van der Waals surface area contributed by atoms with Gasteiger partial charge in [0.15, 0.2) is 0 Å². The SMILES string of the molecule is CCc1cc(-c2ccc(OC[C@](C)(CC(C)C)OC(N)=O)c(C#N)c2)ncn1. The highest BCUT2D eigenvalue weighted by Crippen LogP contribution is 2.28. The lowest BCUT2D eigenvalue weighted by molar-refractivity contribution is -0.0186. The van der Waals surface area contributed by atoms with Gasteiger partial charge in [0.25, 0.3) is 0 Å². The fraction of sp³-hybridized carbons (Fsp3) is 0.429. The Kier molecular flexibility index (Phi) is 6.94. The Bertz CT molecular complexity index is 876. The molecule has 0 radical (unpaired) electrons. The van der Waals surface area contributed by atoms with Gasteiger partial charge in [-0.25, -0.2) is 14.8 Å². The van der Waals surface area contributed by atoms with Gasteiger partial charge in [0.05, 0.1) is 11.3 Å². The Morgan fingerprint density at radius 1 is 1.32 bits per heavy atom. The standard InChI is InChI=1S/C21H26N4O3/c1-5-17-9-18(25-13-24-17)15-6-7-19(16(8-15)11-22)27-12-21(4,10-14(2)3)28-20(23)26/h6-9,13-14H,5,10,12H2,1-4H3,(H2,23,26)/t21-/m0/s1. The van der Waals surface area contributed by atoms with E-state index in [1.807, 2.05) is 32.9 Å². The topological polar surface area (TPSA) is 111 Å². The van der Waals surface area contributed by atoms with Gasteiger partial charge in [0.1, 0.15) is 30.4 Å². The number of nitrogens with two attached hydrogens (primary N) is 1. The van der Waals surface area contributed by atoms with Crippen LogP contribution in [0.2, 0.25) is 0 Å². The number of benzene rings is 1. The van der Waals surface area contributed by atoms with Crippen molar-refractivity contribution in [1.29, 1.82) is 5.26 Å². The van der Waals surface area contributed by atoms with Crippen molar-refractivity contribution in [3.05, 3.63) is 41.9 Å². The Balaban J connectivity index is 2.24. The number of carbonyl (C=O) groups excluding carboxylic acids is 1. The summed E-state index contributed by atoms with van der Waals surface area (Å²) in [5, 5.41) is 9.54. The first-order chi connectivity index (χ1) is 13.3. The van der Waals surface area contributed by atoms with Gasteiger partial charge in [-0.2, -0.15) is 5.26 Å². The van der Waals surface area contributed by atoms with Crippen LogP contribution in [0.25, 0.3) is 11.3 Å². The Labute approximate surface area is 165 Å². The van der Waals surface area contributed by atoms with Crippen LogP contribution in [0, 0.1) is 17.2 Å². The van der Waals surface area contributed by atoms with Crippen molar-refractivity contribution in [3.63, 3.8) is 0 Å². The number of hydrogen-bond acceptors (Lipinski definition) is 6. The molecule has 0 spiro atoms. The number of nitriles is 1. The first kappa shape index (κ1) is 21.2. The zero-order valence-corrected chi connectivity index (χ0v) is 16.7. The second-order valence-electron chi connectivity index (χ2n) is 7.33. The summed E-state index contributed by atoms with van der Waals surface area (Å²) in [6.45, 7) is 7.92. The van der Waals surface area contributed by atoms with E-state index in [1.165, 1.54) is 6.33 Å². The molecule has 0 aliphatic heterocycles. The molecule has 2 aromatic rings. The minimum Gasteiger partial charge on any atom is -0.488 e. The first-order valence-corrected chi connectivity index (χ1v) is 9.23. The van der Waals surface area contributed by atoms with Gasteiger partial charge < -0.3 is 15.2 Å². The summed E-state index contributed by atoms with van der Waals surface area (Å²) >= 11 is 0. The van der Waals surface area contributed by atoms with Crippen molar-refractivity contribution in [1.82, 2.24) is 9.97 Å². The molecule has 7 nitrogen and oxygen atoms in total. The summed E-state index contributed by atoms with van der Waals surface area (Å²) < 4.78 is 11.1. The Morgan fingerprint density at radius 2 is 2.07 bits per heavy atom. The summed E-state index contributed by atoms with van der Waals surface area (Å²) in [4.78, 5) is 19.7. The van der Waals surface area contributed by atoms with E-state index in [9.17, 15) is 10.1 Å². The highest BCUT2D eigenvalue weighted by atomic mass is 16.6. The van der Waals surface area contributed by atoms with Crippen LogP contribution in [0.3, 0.4) is 0 Å². The van der Waals surface area contributed by atoms with E-state index >= 15 is 0 Å². The van der Waals surface area contributed by atoms with E-state index in [1.54, 1.807) is 19.1 Å². The molecule has 2 N–H and O–H groups in total. The summed E-state index contributed by atoms with van der Waals surface area (Å²) in [5.41, 5.74) is 7.18. The molecule has 28 heavy (non-hydrogen) atoms. The van der Waals surface area contributed by atoms with Crippen molar-refractivity contribution < 1.29 is 14.3 Å². The zero-order chi connectivity index (χ0) is 20.7. The van der Waals surface area contributed by atoms with Crippen molar-refractivity contribution in [3.8, 4) is 23.1 Å². The summed E-state index contributed by atoms with van der Waals surface area (Å²) in [6, 6.07) is 9.34. The minimum atomic E-state index is -0.881. The average Bonchev–Trinajstić information content (AvgIpc) is 2.65. The molecule has 1 atom stereocenters. The third kappa shape index (κ3) is 5.68. The van der Waals surface area contributed by atoms with Crippen LogP contribution in [0.4, 0.5) is 4.79 Å². The van der Waals surface area contributed by atoms with Crippen molar-refractivity contribution in [2.24, 2.45) is 11.7 Å². The highest BCUT2D eigenvalue weighted by molar-refractivity contribution is 5.65. The molecule has 0 unspecified atom stereocenters. The minimum absolute atomic E-state index is 0.0929. The van der Waals surface area contributed by atoms with Crippen LogP contribution >= 0.6 is 0 Å². The number of hydrogen-bond donors (Lipinski definition) is 1. The van der Waals surface area contributed by atoms with E-state index in [2.05, 4.69) is 16.0 Å². The van der Waals surface area contributed by atoms with Crippen LogP contribution in [0.1, 0.15) is 45.4 Å². The van der Waals surface area contributed by atoms with Gasteiger partial charge in [0, 0.05) is 11.3 Å².